The Morgan fingerprint density at radius 3 is 2.69 bits per heavy atom. The van der Waals surface area contributed by atoms with Gasteiger partial charge in [-0.25, -0.2) is 9.97 Å². The van der Waals surface area contributed by atoms with E-state index in [1.165, 1.54) is 25.7 Å². The number of ether oxygens (including phenoxy) is 1. The summed E-state index contributed by atoms with van der Waals surface area (Å²) in [4.78, 5) is 15.9. The maximum absolute atomic E-state index is 6.15. The summed E-state index contributed by atoms with van der Waals surface area (Å²) in [7, 11) is -1.18. The predicted molar refractivity (Wildman–Crippen MR) is 149 cm³/mol. The van der Waals surface area contributed by atoms with Crippen LogP contribution in [0.15, 0.2) is 48.8 Å². The summed E-state index contributed by atoms with van der Waals surface area (Å²) in [5, 5.41) is 14.4. The van der Waals surface area contributed by atoms with Gasteiger partial charge in [-0.15, -0.1) is 10.2 Å². The molecule has 4 heterocycles. The zero-order chi connectivity index (χ0) is 25.0. The van der Waals surface area contributed by atoms with Crippen LogP contribution in [0.3, 0.4) is 0 Å². The van der Waals surface area contributed by atoms with E-state index in [0.29, 0.717) is 12.6 Å². The third-order valence-corrected chi connectivity index (χ3v) is 9.13. The van der Waals surface area contributed by atoms with E-state index in [9.17, 15) is 0 Å². The van der Waals surface area contributed by atoms with Gasteiger partial charge in [0.2, 0.25) is 5.13 Å². The molecule has 0 aromatic carbocycles. The molecule has 1 N–H and O–H groups in total. The summed E-state index contributed by atoms with van der Waals surface area (Å²) in [6, 6.07) is 12.9. The zero-order valence-corrected chi connectivity index (χ0v) is 23.0. The van der Waals surface area contributed by atoms with Crippen LogP contribution in [0, 0.1) is 0 Å². The summed E-state index contributed by atoms with van der Waals surface area (Å²) >= 11 is 1.66. The third-order valence-electron chi connectivity index (χ3n) is 6.32. The van der Waals surface area contributed by atoms with Gasteiger partial charge in [0, 0.05) is 26.8 Å². The molecule has 1 aliphatic rings. The lowest BCUT2D eigenvalue weighted by Crippen LogP contribution is -2.26. The molecule has 0 unspecified atom stereocenters. The van der Waals surface area contributed by atoms with Crippen LogP contribution in [0.4, 0.5) is 22.5 Å². The molecule has 188 valence electrons. The molecule has 0 bridgehead atoms. The van der Waals surface area contributed by atoms with Crippen molar-refractivity contribution in [1.82, 2.24) is 25.1 Å². The van der Waals surface area contributed by atoms with Crippen molar-refractivity contribution in [2.45, 2.75) is 57.3 Å². The molecule has 0 atom stereocenters. The highest BCUT2D eigenvalue weighted by Crippen LogP contribution is 2.38. The molecule has 8 nitrogen and oxygen atoms in total. The van der Waals surface area contributed by atoms with Gasteiger partial charge >= 0.3 is 0 Å². The molecule has 10 heteroatoms. The maximum Gasteiger partial charge on any atom is 0.215 e. The molecule has 36 heavy (non-hydrogen) atoms. The summed E-state index contributed by atoms with van der Waals surface area (Å²) in [5.41, 5.74) is 2.46. The van der Waals surface area contributed by atoms with E-state index in [-0.39, 0.29) is 0 Å². The Bertz CT molecular complexity index is 1290. The normalized spacial score (nSPS) is 14.4. The number of anilines is 4. The lowest BCUT2D eigenvalue weighted by atomic mass is 10.1. The van der Waals surface area contributed by atoms with Crippen molar-refractivity contribution in [3.05, 3.63) is 53.8 Å². The number of pyridine rings is 3. The van der Waals surface area contributed by atoms with Crippen LogP contribution in [0.25, 0.3) is 11.0 Å². The lowest BCUT2D eigenvalue weighted by Gasteiger charge is -2.22. The Morgan fingerprint density at radius 1 is 1.06 bits per heavy atom. The number of rotatable bonds is 10. The standard InChI is InChI=1S/C26H33N7OSSi/c1-36(2,3)15-14-34-18-33(26-32-31-25(35-26)19-8-4-5-9-19)24-12-11-21-22(30-24)16-20(17-28-21)29-23-10-6-7-13-27-23/h6-7,10-13,16-17,19H,4-5,8-9,14-15,18H2,1-3H3,(H,27,29). The van der Waals surface area contributed by atoms with Gasteiger partial charge in [0.25, 0.3) is 0 Å². The Kier molecular flexibility index (Phi) is 7.54. The first-order chi connectivity index (χ1) is 17.4. The molecule has 1 fully saturated rings. The Labute approximate surface area is 217 Å². The molecule has 0 saturated heterocycles. The molecule has 1 saturated carbocycles. The van der Waals surface area contributed by atoms with Gasteiger partial charge < -0.3 is 10.1 Å². The summed E-state index contributed by atoms with van der Waals surface area (Å²) in [6.45, 7) is 8.21. The first-order valence-electron chi connectivity index (χ1n) is 12.6. The van der Waals surface area contributed by atoms with Crippen LogP contribution < -0.4 is 10.2 Å². The highest BCUT2D eigenvalue weighted by molar-refractivity contribution is 7.15. The number of nitrogens with one attached hydrogen (secondary N) is 1. The zero-order valence-electron chi connectivity index (χ0n) is 21.1. The van der Waals surface area contributed by atoms with Crippen molar-refractivity contribution in [1.29, 1.82) is 0 Å². The third kappa shape index (κ3) is 6.24. The summed E-state index contributed by atoms with van der Waals surface area (Å²) < 4.78 is 6.15. The highest BCUT2D eigenvalue weighted by Gasteiger charge is 2.24. The summed E-state index contributed by atoms with van der Waals surface area (Å²) in [6.07, 6.45) is 8.51. The van der Waals surface area contributed by atoms with Crippen LogP contribution in [-0.2, 0) is 4.74 Å². The molecule has 0 aliphatic heterocycles. The second-order valence-corrected chi connectivity index (χ2v) is 17.1. The van der Waals surface area contributed by atoms with E-state index in [1.54, 1.807) is 23.7 Å². The fourth-order valence-electron chi connectivity index (χ4n) is 4.23. The van der Waals surface area contributed by atoms with Gasteiger partial charge in [-0.3, -0.25) is 9.88 Å². The van der Waals surface area contributed by atoms with Crippen molar-refractivity contribution >= 4 is 52.9 Å². The first-order valence-corrected chi connectivity index (χ1v) is 17.1. The number of nitrogens with zero attached hydrogens (tertiary/aromatic N) is 6. The lowest BCUT2D eigenvalue weighted by molar-refractivity contribution is 0.153. The molecule has 5 rings (SSSR count). The molecule has 4 aromatic heterocycles. The topological polar surface area (TPSA) is 89.0 Å². The number of fused-ring (bicyclic) bond motifs is 1. The van der Waals surface area contributed by atoms with E-state index < -0.39 is 8.07 Å². The minimum atomic E-state index is -1.18. The quantitative estimate of drug-likeness (QED) is 0.140. The molecular formula is C26H33N7OSSi. The summed E-state index contributed by atoms with van der Waals surface area (Å²) in [5.74, 6) is 2.07. The number of aromatic nitrogens is 5. The van der Waals surface area contributed by atoms with Crippen molar-refractivity contribution in [3.8, 4) is 0 Å². The van der Waals surface area contributed by atoms with E-state index >= 15 is 0 Å². The van der Waals surface area contributed by atoms with Crippen LogP contribution >= 0.6 is 11.3 Å². The minimum absolute atomic E-state index is 0.390. The van der Waals surface area contributed by atoms with Gasteiger partial charge in [0.15, 0.2) is 0 Å². The second kappa shape index (κ2) is 11.0. The molecule has 0 spiro atoms. The largest absolute Gasteiger partial charge is 0.361 e. The van der Waals surface area contributed by atoms with Gasteiger partial charge in [0.1, 0.15) is 23.4 Å². The Hall–Kier alpha value is -2.95. The molecule has 1 aliphatic carbocycles. The van der Waals surface area contributed by atoms with Gasteiger partial charge in [-0.2, -0.15) is 0 Å². The van der Waals surface area contributed by atoms with Crippen LogP contribution in [0.5, 0.6) is 0 Å². The maximum atomic E-state index is 6.15. The van der Waals surface area contributed by atoms with Crippen molar-refractivity contribution in [2.75, 3.05) is 23.6 Å². The monoisotopic (exact) mass is 519 g/mol. The smallest absolute Gasteiger partial charge is 0.215 e. The fraction of sp³-hybridized carbons (Fsp3) is 0.423. The average molecular weight is 520 g/mol. The van der Waals surface area contributed by atoms with Gasteiger partial charge in [0.05, 0.1) is 22.9 Å². The fourth-order valence-corrected chi connectivity index (χ4v) is 5.99. The van der Waals surface area contributed by atoms with Crippen LogP contribution in [-0.4, -0.2) is 46.6 Å². The van der Waals surface area contributed by atoms with Crippen molar-refractivity contribution < 1.29 is 4.74 Å². The van der Waals surface area contributed by atoms with Crippen LogP contribution in [0.2, 0.25) is 25.7 Å². The predicted octanol–water partition coefficient (Wildman–Crippen LogP) is 6.73. The molecule has 4 aromatic rings. The SMILES string of the molecule is C[Si](C)(C)CCOCN(c1ccc2ncc(Nc3ccccn3)cc2n1)c1nnc(C2CCCC2)s1. The van der Waals surface area contributed by atoms with Crippen molar-refractivity contribution in [3.63, 3.8) is 0 Å². The van der Waals surface area contributed by atoms with Gasteiger partial charge in [-0.05, 0) is 49.2 Å². The van der Waals surface area contributed by atoms with E-state index in [1.807, 2.05) is 41.3 Å². The molecular weight excluding hydrogens is 486 g/mol. The van der Waals surface area contributed by atoms with E-state index in [2.05, 4.69) is 45.1 Å². The molecule has 0 amide bonds. The Balaban J connectivity index is 1.41. The minimum Gasteiger partial charge on any atom is -0.361 e. The number of hydrogen-bond donors (Lipinski definition) is 1. The van der Waals surface area contributed by atoms with Crippen LogP contribution in [0.1, 0.15) is 36.6 Å². The van der Waals surface area contributed by atoms with E-state index in [0.717, 1.165) is 51.1 Å². The van der Waals surface area contributed by atoms with E-state index in [4.69, 9.17) is 9.72 Å². The first kappa shape index (κ1) is 24.7. The molecule has 0 radical (unpaired) electrons. The van der Waals surface area contributed by atoms with Gasteiger partial charge in [-0.1, -0.05) is 49.9 Å². The number of hydrogen-bond acceptors (Lipinski definition) is 9. The Morgan fingerprint density at radius 2 is 1.92 bits per heavy atom. The second-order valence-electron chi connectivity index (χ2n) is 10.5. The van der Waals surface area contributed by atoms with Crippen molar-refractivity contribution in [2.24, 2.45) is 0 Å². The average Bonchev–Trinajstić information content (AvgIpc) is 3.56. The highest BCUT2D eigenvalue weighted by atomic mass is 32.1.